The summed E-state index contributed by atoms with van der Waals surface area (Å²) in [5.41, 5.74) is 3.04. The van der Waals surface area contributed by atoms with Crippen LogP contribution in [0.5, 0.6) is 0 Å². The molecule has 3 aromatic heterocycles. The quantitative estimate of drug-likeness (QED) is 0.462. The minimum Gasteiger partial charge on any atom is -0.309 e. The van der Waals surface area contributed by atoms with Crippen LogP contribution in [0.1, 0.15) is 5.69 Å². The van der Waals surface area contributed by atoms with Crippen LogP contribution in [0.4, 0.5) is 8.78 Å². The molecule has 10 heteroatoms. The van der Waals surface area contributed by atoms with Gasteiger partial charge in [-0.05, 0) is 36.4 Å². The van der Waals surface area contributed by atoms with Crippen molar-refractivity contribution < 1.29 is 8.78 Å². The van der Waals surface area contributed by atoms with Gasteiger partial charge in [0, 0.05) is 38.1 Å². The molecular weight excluding hydrogens is 428 g/mol. The Hall–Kier alpha value is -4.05. The summed E-state index contributed by atoms with van der Waals surface area (Å²) in [4.78, 5) is 13.5. The van der Waals surface area contributed by atoms with Gasteiger partial charge in [0.1, 0.15) is 17.2 Å². The summed E-state index contributed by atoms with van der Waals surface area (Å²) < 4.78 is 35.0. The number of aryl methyl sites for hydroxylation is 1. The highest BCUT2D eigenvalue weighted by Gasteiger charge is 2.25. The molecular formula is C23H19F2N7O. The number of hydrogen-bond donors (Lipinski definition) is 1. The summed E-state index contributed by atoms with van der Waals surface area (Å²) in [6.07, 6.45) is 4.59. The van der Waals surface area contributed by atoms with E-state index in [1.54, 1.807) is 42.2 Å². The van der Waals surface area contributed by atoms with E-state index in [-0.39, 0.29) is 11.5 Å². The summed E-state index contributed by atoms with van der Waals surface area (Å²) in [7, 11) is 1.73. The Morgan fingerprint density at radius 3 is 2.64 bits per heavy atom. The van der Waals surface area contributed by atoms with Gasteiger partial charge in [-0.2, -0.15) is 10.2 Å². The molecule has 6 rings (SSSR count). The molecule has 166 valence electrons. The van der Waals surface area contributed by atoms with Gasteiger partial charge < -0.3 is 5.32 Å². The first kappa shape index (κ1) is 19.6. The van der Waals surface area contributed by atoms with Crippen molar-refractivity contribution >= 4 is 10.9 Å². The van der Waals surface area contributed by atoms with Crippen molar-refractivity contribution in [1.29, 1.82) is 0 Å². The average Bonchev–Trinajstić information content (AvgIpc) is 3.50. The van der Waals surface area contributed by atoms with Crippen LogP contribution in [0.15, 0.2) is 59.8 Å². The summed E-state index contributed by atoms with van der Waals surface area (Å²) in [6, 6.07) is 9.31. The SMILES string of the molecule is Cn1ncc2c(F)c(-n3ccn(-c4c(-c5ccc(F)cc5)nn5c4CNCC5)c3=O)ccc21. The number of hydrogen-bond acceptors (Lipinski definition) is 4. The highest BCUT2D eigenvalue weighted by atomic mass is 19.1. The molecule has 0 unspecified atom stereocenters. The van der Waals surface area contributed by atoms with Crippen LogP contribution < -0.4 is 11.0 Å². The number of nitrogens with one attached hydrogen (secondary N) is 1. The van der Waals surface area contributed by atoms with Crippen molar-refractivity contribution in [2.24, 2.45) is 7.05 Å². The number of aromatic nitrogens is 6. The Labute approximate surface area is 186 Å². The largest absolute Gasteiger partial charge is 0.337 e. The van der Waals surface area contributed by atoms with Crippen molar-refractivity contribution in [2.75, 3.05) is 6.54 Å². The second-order valence-electron chi connectivity index (χ2n) is 7.97. The summed E-state index contributed by atoms with van der Waals surface area (Å²) >= 11 is 0. The van der Waals surface area contributed by atoms with Crippen molar-refractivity contribution in [3.05, 3.63) is 82.8 Å². The van der Waals surface area contributed by atoms with Crippen LogP contribution in [0.25, 0.3) is 33.5 Å². The van der Waals surface area contributed by atoms with Gasteiger partial charge in [-0.1, -0.05) is 0 Å². The normalized spacial score (nSPS) is 13.5. The molecule has 2 aromatic carbocycles. The molecule has 1 N–H and O–H groups in total. The Kier molecular flexibility index (Phi) is 4.31. The first-order chi connectivity index (χ1) is 16.0. The lowest BCUT2D eigenvalue weighted by molar-refractivity contribution is 0.475. The van der Waals surface area contributed by atoms with Gasteiger partial charge in [-0.3, -0.25) is 18.5 Å². The molecule has 0 bridgehead atoms. The molecule has 4 heterocycles. The number of nitrogens with zero attached hydrogens (tertiary/aromatic N) is 6. The molecule has 0 amide bonds. The zero-order chi connectivity index (χ0) is 22.7. The summed E-state index contributed by atoms with van der Waals surface area (Å²) in [5.74, 6) is -0.867. The summed E-state index contributed by atoms with van der Waals surface area (Å²) in [6.45, 7) is 1.92. The maximum atomic E-state index is 15.3. The zero-order valence-electron chi connectivity index (χ0n) is 17.7. The van der Waals surface area contributed by atoms with Gasteiger partial charge in [-0.25, -0.2) is 13.6 Å². The van der Waals surface area contributed by atoms with Crippen molar-refractivity contribution in [3.8, 4) is 22.6 Å². The lowest BCUT2D eigenvalue weighted by atomic mass is 10.1. The van der Waals surface area contributed by atoms with Crippen LogP contribution in [0.3, 0.4) is 0 Å². The molecule has 0 atom stereocenters. The topological polar surface area (TPSA) is 74.6 Å². The first-order valence-electron chi connectivity index (χ1n) is 10.5. The fourth-order valence-electron chi connectivity index (χ4n) is 4.39. The average molecular weight is 447 g/mol. The Morgan fingerprint density at radius 2 is 1.82 bits per heavy atom. The molecule has 33 heavy (non-hydrogen) atoms. The fraction of sp³-hybridized carbons (Fsp3) is 0.174. The maximum Gasteiger partial charge on any atom is 0.337 e. The standard InChI is InChI=1S/C23H19F2N7O/c1-29-17-6-7-18(20(25)16(17)12-27-29)30-10-11-31(23(30)33)22-19-13-26-8-9-32(19)28-21(22)14-2-4-15(24)5-3-14/h2-7,10-12,26H,8-9,13H2,1H3. The molecule has 1 aliphatic heterocycles. The fourth-order valence-corrected chi connectivity index (χ4v) is 4.39. The predicted octanol–water partition coefficient (Wildman–Crippen LogP) is 2.76. The predicted molar refractivity (Wildman–Crippen MR) is 118 cm³/mol. The van der Waals surface area contributed by atoms with Crippen LogP contribution in [-0.2, 0) is 20.1 Å². The molecule has 0 saturated heterocycles. The lowest BCUT2D eigenvalue weighted by Crippen LogP contribution is -2.30. The van der Waals surface area contributed by atoms with E-state index < -0.39 is 11.5 Å². The van der Waals surface area contributed by atoms with E-state index in [9.17, 15) is 9.18 Å². The number of fused-ring (bicyclic) bond motifs is 2. The second-order valence-corrected chi connectivity index (χ2v) is 7.97. The molecule has 1 aliphatic rings. The Bertz CT molecular complexity index is 1570. The van der Waals surface area contributed by atoms with Crippen molar-refractivity contribution in [1.82, 2.24) is 34.0 Å². The third-order valence-electron chi connectivity index (χ3n) is 6.06. The van der Waals surface area contributed by atoms with Crippen LogP contribution in [0, 0.1) is 11.6 Å². The van der Waals surface area contributed by atoms with Gasteiger partial charge in [0.2, 0.25) is 0 Å². The Morgan fingerprint density at radius 1 is 1.03 bits per heavy atom. The zero-order valence-corrected chi connectivity index (χ0v) is 17.7. The number of halogens is 2. The molecule has 0 fully saturated rings. The van der Waals surface area contributed by atoms with Crippen LogP contribution >= 0.6 is 0 Å². The Balaban J connectivity index is 1.55. The van der Waals surface area contributed by atoms with Gasteiger partial charge in [0.05, 0.1) is 35.0 Å². The summed E-state index contributed by atoms with van der Waals surface area (Å²) in [5, 5.41) is 12.5. The lowest BCUT2D eigenvalue weighted by Gasteiger charge is -2.16. The maximum absolute atomic E-state index is 15.3. The van der Waals surface area contributed by atoms with E-state index in [2.05, 4.69) is 10.4 Å². The van der Waals surface area contributed by atoms with Crippen LogP contribution in [0.2, 0.25) is 0 Å². The minimum absolute atomic E-state index is 0.141. The van der Waals surface area contributed by atoms with Crippen molar-refractivity contribution in [3.63, 3.8) is 0 Å². The first-order valence-corrected chi connectivity index (χ1v) is 10.5. The number of rotatable bonds is 3. The van der Waals surface area contributed by atoms with E-state index >= 15 is 4.39 Å². The number of benzene rings is 2. The highest BCUT2D eigenvalue weighted by Crippen LogP contribution is 2.30. The second kappa shape index (κ2) is 7.24. The molecule has 0 radical (unpaired) electrons. The van der Waals surface area contributed by atoms with Crippen LogP contribution in [-0.4, -0.2) is 35.2 Å². The molecule has 0 aliphatic carbocycles. The van der Waals surface area contributed by atoms with E-state index in [1.165, 1.54) is 33.7 Å². The molecule has 0 spiro atoms. The van der Waals surface area contributed by atoms with Crippen molar-refractivity contribution in [2.45, 2.75) is 13.1 Å². The number of imidazole rings is 1. The van der Waals surface area contributed by atoms with E-state index in [1.807, 2.05) is 4.68 Å². The third kappa shape index (κ3) is 2.94. The highest BCUT2D eigenvalue weighted by molar-refractivity contribution is 5.81. The van der Waals surface area contributed by atoms with E-state index in [4.69, 9.17) is 5.10 Å². The van der Waals surface area contributed by atoms with Gasteiger partial charge in [0.15, 0.2) is 5.82 Å². The van der Waals surface area contributed by atoms with Gasteiger partial charge in [-0.15, -0.1) is 0 Å². The third-order valence-corrected chi connectivity index (χ3v) is 6.06. The minimum atomic E-state index is -0.516. The monoisotopic (exact) mass is 447 g/mol. The van der Waals surface area contributed by atoms with E-state index in [0.717, 1.165) is 12.2 Å². The smallest absolute Gasteiger partial charge is 0.309 e. The molecule has 8 nitrogen and oxygen atoms in total. The van der Waals surface area contributed by atoms with E-state index in [0.29, 0.717) is 40.9 Å². The van der Waals surface area contributed by atoms with Gasteiger partial charge in [0.25, 0.3) is 0 Å². The van der Waals surface area contributed by atoms with Gasteiger partial charge >= 0.3 is 5.69 Å². The molecule has 5 aromatic rings. The molecule has 0 saturated carbocycles.